The van der Waals surface area contributed by atoms with Gasteiger partial charge in [-0.25, -0.2) is 17.1 Å². The number of rotatable bonds is 11. The molecule has 2 aromatic carbocycles. The van der Waals surface area contributed by atoms with Crippen LogP contribution >= 0.6 is 0 Å². The number of amides is 2. The van der Waals surface area contributed by atoms with E-state index in [0.717, 1.165) is 0 Å². The zero-order valence-corrected chi connectivity index (χ0v) is 19.4. The number of benzene rings is 2. The van der Waals surface area contributed by atoms with E-state index in [1.165, 1.54) is 40.5 Å². The predicted molar refractivity (Wildman–Crippen MR) is 121 cm³/mol. The van der Waals surface area contributed by atoms with Gasteiger partial charge in [0.15, 0.2) is 0 Å². The molecule has 0 aliphatic carbocycles. The topological polar surface area (TPSA) is 86.8 Å². The molecule has 2 rings (SSSR count). The first-order valence-electron chi connectivity index (χ1n) is 10.5. The van der Waals surface area contributed by atoms with Crippen molar-refractivity contribution in [2.24, 2.45) is 0 Å². The Kier molecular flexibility index (Phi) is 9.34. The molecule has 2 amide bonds. The quantitative estimate of drug-likeness (QED) is 0.555. The summed E-state index contributed by atoms with van der Waals surface area (Å²) in [5.74, 6) is -0.948. The van der Waals surface area contributed by atoms with Gasteiger partial charge in [-0.1, -0.05) is 30.3 Å². The number of nitrogens with zero attached hydrogens (tertiary/aromatic N) is 2. The van der Waals surface area contributed by atoms with Crippen LogP contribution in [-0.2, 0) is 26.2 Å². The second-order valence-electron chi connectivity index (χ2n) is 7.46. The minimum absolute atomic E-state index is 0.0690. The summed E-state index contributed by atoms with van der Waals surface area (Å²) in [6, 6.07) is 13.1. The SMILES string of the molecule is CCNC(=O)[C@H](C)N(Cc1ccc(F)cc1)C(=O)CCCN(C)S(=O)(=O)c1ccccc1. The molecule has 0 radical (unpaired) electrons. The molecule has 0 spiro atoms. The number of halogens is 1. The molecule has 0 aliphatic rings. The molecule has 0 saturated heterocycles. The number of nitrogens with one attached hydrogen (secondary N) is 1. The number of carbonyl (C=O) groups is 2. The fourth-order valence-corrected chi connectivity index (χ4v) is 4.41. The van der Waals surface area contributed by atoms with E-state index in [1.807, 2.05) is 0 Å². The molecule has 0 unspecified atom stereocenters. The summed E-state index contributed by atoms with van der Waals surface area (Å²) in [5.41, 5.74) is 0.694. The van der Waals surface area contributed by atoms with Crippen molar-refractivity contribution in [1.82, 2.24) is 14.5 Å². The number of carbonyl (C=O) groups excluding carboxylic acids is 2. The van der Waals surface area contributed by atoms with Crippen molar-refractivity contribution >= 4 is 21.8 Å². The van der Waals surface area contributed by atoms with Crippen LogP contribution in [-0.4, -0.2) is 55.6 Å². The van der Waals surface area contributed by atoms with Gasteiger partial charge >= 0.3 is 0 Å². The summed E-state index contributed by atoms with van der Waals surface area (Å²) >= 11 is 0. The van der Waals surface area contributed by atoms with Crippen molar-refractivity contribution < 1.29 is 22.4 Å². The van der Waals surface area contributed by atoms with Crippen LogP contribution in [0, 0.1) is 5.82 Å². The normalized spacial score (nSPS) is 12.4. The van der Waals surface area contributed by atoms with E-state index >= 15 is 0 Å². The molecular weight excluding hydrogens is 433 g/mol. The summed E-state index contributed by atoms with van der Waals surface area (Å²) in [4.78, 5) is 26.9. The lowest BCUT2D eigenvalue weighted by atomic mass is 10.1. The highest BCUT2D eigenvalue weighted by Crippen LogP contribution is 2.16. The van der Waals surface area contributed by atoms with Gasteiger partial charge in [0, 0.05) is 33.1 Å². The van der Waals surface area contributed by atoms with Crippen LogP contribution in [0.15, 0.2) is 59.5 Å². The lowest BCUT2D eigenvalue weighted by Gasteiger charge is -2.29. The van der Waals surface area contributed by atoms with E-state index in [4.69, 9.17) is 0 Å². The minimum Gasteiger partial charge on any atom is -0.355 e. The van der Waals surface area contributed by atoms with Gasteiger partial charge in [0.25, 0.3) is 0 Å². The van der Waals surface area contributed by atoms with E-state index < -0.39 is 16.1 Å². The zero-order chi connectivity index (χ0) is 23.7. The Balaban J connectivity index is 2.05. The lowest BCUT2D eigenvalue weighted by Crippen LogP contribution is -2.47. The van der Waals surface area contributed by atoms with Crippen molar-refractivity contribution in [2.75, 3.05) is 20.1 Å². The van der Waals surface area contributed by atoms with Gasteiger partial charge in [-0.2, -0.15) is 0 Å². The molecule has 0 heterocycles. The molecule has 2 aromatic rings. The molecule has 32 heavy (non-hydrogen) atoms. The Hall–Kier alpha value is -2.78. The molecule has 174 valence electrons. The highest BCUT2D eigenvalue weighted by atomic mass is 32.2. The lowest BCUT2D eigenvalue weighted by molar-refractivity contribution is -0.140. The monoisotopic (exact) mass is 463 g/mol. The molecule has 1 N–H and O–H groups in total. The van der Waals surface area contributed by atoms with Gasteiger partial charge in [0.1, 0.15) is 11.9 Å². The molecule has 0 bridgehead atoms. The maximum atomic E-state index is 13.2. The highest BCUT2D eigenvalue weighted by molar-refractivity contribution is 7.89. The van der Waals surface area contributed by atoms with Crippen LogP contribution < -0.4 is 5.32 Å². The summed E-state index contributed by atoms with van der Waals surface area (Å²) in [6.45, 7) is 4.17. The van der Waals surface area contributed by atoms with Crippen LogP contribution in [0.25, 0.3) is 0 Å². The Bertz CT molecular complexity index is 998. The molecule has 0 aromatic heterocycles. The van der Waals surface area contributed by atoms with Crippen LogP contribution in [0.2, 0.25) is 0 Å². The average Bonchev–Trinajstić information content (AvgIpc) is 2.78. The highest BCUT2D eigenvalue weighted by Gasteiger charge is 2.26. The maximum Gasteiger partial charge on any atom is 0.242 e. The second-order valence-corrected chi connectivity index (χ2v) is 9.51. The second kappa shape index (κ2) is 11.7. The molecule has 9 heteroatoms. The molecule has 0 fully saturated rings. The Labute approximate surface area is 189 Å². The van der Waals surface area contributed by atoms with E-state index in [0.29, 0.717) is 18.5 Å². The summed E-state index contributed by atoms with van der Waals surface area (Å²) in [6.07, 6.45) is 0.364. The van der Waals surface area contributed by atoms with Crippen LogP contribution in [0.5, 0.6) is 0 Å². The number of sulfonamides is 1. The first-order chi connectivity index (χ1) is 15.2. The summed E-state index contributed by atoms with van der Waals surface area (Å²) in [7, 11) is -2.17. The number of hydrogen-bond donors (Lipinski definition) is 1. The minimum atomic E-state index is -3.64. The fourth-order valence-electron chi connectivity index (χ4n) is 3.18. The van der Waals surface area contributed by atoms with Gasteiger partial charge in [0.05, 0.1) is 4.90 Å². The Morgan fingerprint density at radius 3 is 2.28 bits per heavy atom. The first-order valence-corrected chi connectivity index (χ1v) is 11.9. The molecule has 0 saturated carbocycles. The van der Waals surface area contributed by atoms with E-state index in [2.05, 4.69) is 5.32 Å². The van der Waals surface area contributed by atoms with Crippen LogP contribution in [0.1, 0.15) is 32.3 Å². The Morgan fingerprint density at radius 1 is 1.06 bits per heavy atom. The van der Waals surface area contributed by atoms with E-state index in [9.17, 15) is 22.4 Å². The largest absolute Gasteiger partial charge is 0.355 e. The third kappa shape index (κ3) is 6.86. The summed E-state index contributed by atoms with van der Waals surface area (Å²) in [5, 5.41) is 2.71. The molecule has 7 nitrogen and oxygen atoms in total. The fraction of sp³-hybridized carbons (Fsp3) is 0.391. The molecule has 1 atom stereocenters. The van der Waals surface area contributed by atoms with Crippen molar-refractivity contribution in [3.05, 3.63) is 66.0 Å². The molecular formula is C23H30FN3O4S. The van der Waals surface area contributed by atoms with Crippen molar-refractivity contribution in [2.45, 2.75) is 44.2 Å². The van der Waals surface area contributed by atoms with Crippen molar-refractivity contribution in [3.8, 4) is 0 Å². The third-order valence-corrected chi connectivity index (χ3v) is 6.97. The van der Waals surface area contributed by atoms with Crippen LogP contribution in [0.3, 0.4) is 0 Å². The number of hydrogen-bond acceptors (Lipinski definition) is 4. The third-order valence-electron chi connectivity index (χ3n) is 5.10. The number of likely N-dealkylation sites (N-methyl/N-ethyl adjacent to an activating group) is 1. The van der Waals surface area contributed by atoms with E-state index in [1.54, 1.807) is 44.2 Å². The van der Waals surface area contributed by atoms with Crippen molar-refractivity contribution in [3.63, 3.8) is 0 Å². The average molecular weight is 464 g/mol. The maximum absolute atomic E-state index is 13.2. The van der Waals surface area contributed by atoms with Gasteiger partial charge in [-0.3, -0.25) is 9.59 Å². The van der Waals surface area contributed by atoms with Crippen LogP contribution in [0.4, 0.5) is 4.39 Å². The molecule has 0 aliphatic heterocycles. The van der Waals surface area contributed by atoms with Crippen molar-refractivity contribution in [1.29, 1.82) is 0 Å². The standard InChI is InChI=1S/C23H30FN3O4S/c1-4-25-23(29)18(2)27(17-19-12-14-20(24)15-13-19)22(28)11-8-16-26(3)32(30,31)21-9-6-5-7-10-21/h5-7,9-10,12-15,18H,4,8,11,16-17H2,1-3H3,(H,25,29)/t18-/m0/s1. The first kappa shape index (κ1) is 25.5. The predicted octanol–water partition coefficient (Wildman–Crippen LogP) is 2.78. The summed E-state index contributed by atoms with van der Waals surface area (Å²) < 4.78 is 39.7. The van der Waals surface area contributed by atoms with Gasteiger partial charge in [-0.15, -0.1) is 0 Å². The zero-order valence-electron chi connectivity index (χ0n) is 18.6. The Morgan fingerprint density at radius 2 is 1.69 bits per heavy atom. The van der Waals surface area contributed by atoms with Gasteiger partial charge in [0.2, 0.25) is 21.8 Å². The van der Waals surface area contributed by atoms with Gasteiger partial charge in [-0.05, 0) is 50.1 Å². The van der Waals surface area contributed by atoms with Gasteiger partial charge < -0.3 is 10.2 Å². The van der Waals surface area contributed by atoms with E-state index in [-0.39, 0.29) is 42.0 Å². The smallest absolute Gasteiger partial charge is 0.242 e.